The number of ketones is 1. The number of phenolic OH excluding ortho intramolecular Hbond substituents is 1. The van der Waals surface area contributed by atoms with Gasteiger partial charge in [0.05, 0.1) is 31.3 Å². The zero-order valence-corrected chi connectivity index (χ0v) is 15.8. The van der Waals surface area contributed by atoms with Crippen molar-refractivity contribution in [3.63, 3.8) is 0 Å². The van der Waals surface area contributed by atoms with Crippen molar-refractivity contribution in [1.29, 1.82) is 5.26 Å². The quantitative estimate of drug-likeness (QED) is 0.495. The normalized spacial score (nSPS) is 10.3. The van der Waals surface area contributed by atoms with E-state index in [1.54, 1.807) is 12.1 Å². The third-order valence-electron chi connectivity index (χ3n) is 4.14. The summed E-state index contributed by atoms with van der Waals surface area (Å²) in [5.41, 5.74) is 1.97. The van der Waals surface area contributed by atoms with Gasteiger partial charge in [-0.25, -0.2) is 0 Å². The molecule has 2 rings (SSSR count). The Balaban J connectivity index is 1.87. The molecule has 0 unspecified atom stereocenters. The van der Waals surface area contributed by atoms with Crippen molar-refractivity contribution in [2.24, 2.45) is 0 Å². The van der Waals surface area contributed by atoms with Crippen LogP contribution in [0, 0.1) is 11.3 Å². The van der Waals surface area contributed by atoms with E-state index < -0.39 is 0 Å². The number of hydrogen-bond donors (Lipinski definition) is 1. The van der Waals surface area contributed by atoms with E-state index in [-0.39, 0.29) is 11.5 Å². The fourth-order valence-corrected chi connectivity index (χ4v) is 2.75. The van der Waals surface area contributed by atoms with Crippen molar-refractivity contribution >= 4 is 5.78 Å². The van der Waals surface area contributed by atoms with Gasteiger partial charge in [-0.05, 0) is 43.2 Å². The summed E-state index contributed by atoms with van der Waals surface area (Å²) < 4.78 is 11.5. The molecule has 5 nitrogen and oxygen atoms in total. The third-order valence-corrected chi connectivity index (χ3v) is 4.14. The van der Waals surface area contributed by atoms with Crippen molar-refractivity contribution in [3.8, 4) is 23.3 Å². The van der Waals surface area contributed by atoms with Gasteiger partial charge in [0.2, 0.25) is 0 Å². The molecule has 2 aromatic carbocycles. The summed E-state index contributed by atoms with van der Waals surface area (Å²) in [5, 5.41) is 19.0. The highest BCUT2D eigenvalue weighted by molar-refractivity contribution is 5.97. The minimum Gasteiger partial charge on any atom is -0.507 e. The van der Waals surface area contributed by atoms with Gasteiger partial charge in [0.25, 0.3) is 0 Å². The Hall–Kier alpha value is -3.00. The van der Waals surface area contributed by atoms with Crippen LogP contribution < -0.4 is 9.47 Å². The monoisotopic (exact) mass is 367 g/mol. The number of benzene rings is 2. The molecule has 0 bridgehead atoms. The summed E-state index contributed by atoms with van der Waals surface area (Å²) in [6.45, 7) is 4.40. The number of carbonyl (C=O) groups is 1. The lowest BCUT2D eigenvalue weighted by molar-refractivity contribution is 0.101. The number of rotatable bonds is 10. The van der Waals surface area contributed by atoms with E-state index in [0.29, 0.717) is 49.4 Å². The maximum Gasteiger partial charge on any atom is 0.163 e. The van der Waals surface area contributed by atoms with E-state index in [4.69, 9.17) is 14.7 Å². The van der Waals surface area contributed by atoms with Gasteiger partial charge < -0.3 is 14.6 Å². The van der Waals surface area contributed by atoms with Gasteiger partial charge in [0.1, 0.15) is 17.2 Å². The van der Waals surface area contributed by atoms with Gasteiger partial charge in [-0.3, -0.25) is 4.79 Å². The topological polar surface area (TPSA) is 79.5 Å². The second-order valence-electron chi connectivity index (χ2n) is 6.27. The highest BCUT2D eigenvalue weighted by Crippen LogP contribution is 2.33. The van der Waals surface area contributed by atoms with Crippen LogP contribution in [0.4, 0.5) is 0 Å². The molecular formula is C22H25NO4. The van der Waals surface area contributed by atoms with Crippen molar-refractivity contribution in [2.45, 2.75) is 39.5 Å². The Bertz CT molecular complexity index is 806. The van der Waals surface area contributed by atoms with Crippen molar-refractivity contribution in [3.05, 3.63) is 53.1 Å². The van der Waals surface area contributed by atoms with E-state index in [0.717, 1.165) is 17.7 Å². The molecule has 5 heteroatoms. The molecule has 0 fully saturated rings. The number of nitrogens with zero attached hydrogens (tertiary/aromatic N) is 1. The molecular weight excluding hydrogens is 342 g/mol. The Morgan fingerprint density at radius 1 is 1.11 bits per heavy atom. The van der Waals surface area contributed by atoms with E-state index in [1.165, 1.54) is 6.92 Å². The number of hydrogen-bond acceptors (Lipinski definition) is 5. The van der Waals surface area contributed by atoms with E-state index >= 15 is 0 Å². The SMILES string of the molecule is CCCc1c(OCCCOc2ccc(CC#N)cc2)ccc(C(C)=O)c1O. The first kappa shape index (κ1) is 20.3. The molecule has 0 radical (unpaired) electrons. The number of carbonyl (C=O) groups excluding carboxylic acids is 1. The predicted octanol–water partition coefficient (Wildman–Crippen LogP) is 4.46. The Morgan fingerprint density at radius 2 is 1.81 bits per heavy atom. The largest absolute Gasteiger partial charge is 0.507 e. The van der Waals surface area contributed by atoms with Crippen molar-refractivity contribution in [1.82, 2.24) is 0 Å². The minimum absolute atomic E-state index is 0.0237. The van der Waals surface area contributed by atoms with Gasteiger partial charge in [-0.2, -0.15) is 5.26 Å². The van der Waals surface area contributed by atoms with Gasteiger partial charge in [-0.15, -0.1) is 0 Å². The zero-order chi connectivity index (χ0) is 19.6. The van der Waals surface area contributed by atoms with Crippen LogP contribution in [0.15, 0.2) is 36.4 Å². The first-order valence-corrected chi connectivity index (χ1v) is 9.14. The molecule has 27 heavy (non-hydrogen) atoms. The van der Waals surface area contributed by atoms with Crippen LogP contribution in [0.3, 0.4) is 0 Å². The number of phenols is 1. The first-order valence-electron chi connectivity index (χ1n) is 9.14. The average molecular weight is 367 g/mol. The number of ether oxygens (including phenoxy) is 2. The zero-order valence-electron chi connectivity index (χ0n) is 15.8. The summed E-state index contributed by atoms with van der Waals surface area (Å²) in [6.07, 6.45) is 2.56. The molecule has 2 aromatic rings. The lowest BCUT2D eigenvalue weighted by atomic mass is 10.0. The van der Waals surface area contributed by atoms with Gasteiger partial charge in [0.15, 0.2) is 5.78 Å². The Labute approximate surface area is 160 Å². The smallest absolute Gasteiger partial charge is 0.163 e. The molecule has 0 saturated carbocycles. The fraction of sp³-hybridized carbons (Fsp3) is 0.364. The molecule has 0 aliphatic rings. The molecule has 142 valence electrons. The molecule has 0 aliphatic carbocycles. The lowest BCUT2D eigenvalue weighted by Gasteiger charge is -2.15. The molecule has 0 amide bonds. The maximum absolute atomic E-state index is 11.6. The van der Waals surface area contributed by atoms with Crippen LogP contribution in [0.5, 0.6) is 17.2 Å². The van der Waals surface area contributed by atoms with Crippen molar-refractivity contribution in [2.75, 3.05) is 13.2 Å². The Kier molecular flexibility index (Phi) is 7.69. The van der Waals surface area contributed by atoms with E-state index in [1.807, 2.05) is 31.2 Å². The van der Waals surface area contributed by atoms with Crippen LogP contribution in [0.1, 0.15) is 48.2 Å². The Morgan fingerprint density at radius 3 is 2.44 bits per heavy atom. The summed E-state index contributed by atoms with van der Waals surface area (Å²) >= 11 is 0. The first-order chi connectivity index (χ1) is 13.1. The van der Waals surface area contributed by atoms with E-state index in [9.17, 15) is 9.90 Å². The molecule has 0 spiro atoms. The van der Waals surface area contributed by atoms with Gasteiger partial charge in [-0.1, -0.05) is 25.5 Å². The summed E-state index contributed by atoms with van der Waals surface area (Å²) in [7, 11) is 0. The average Bonchev–Trinajstić information content (AvgIpc) is 2.65. The molecule has 0 aliphatic heterocycles. The standard InChI is InChI=1S/C22H25NO4/c1-3-5-20-21(11-10-19(16(2)24)22(20)25)27-15-4-14-26-18-8-6-17(7-9-18)12-13-23/h6-11,25H,3-5,12,14-15H2,1-2H3. The number of aromatic hydroxyl groups is 1. The summed E-state index contributed by atoms with van der Waals surface area (Å²) in [4.78, 5) is 11.6. The van der Waals surface area contributed by atoms with Gasteiger partial charge in [0, 0.05) is 12.0 Å². The molecule has 0 atom stereocenters. The highest BCUT2D eigenvalue weighted by atomic mass is 16.5. The summed E-state index contributed by atoms with van der Waals surface area (Å²) in [6, 6.07) is 12.9. The van der Waals surface area contributed by atoms with E-state index in [2.05, 4.69) is 6.07 Å². The van der Waals surface area contributed by atoms with Crippen LogP contribution in [-0.4, -0.2) is 24.1 Å². The predicted molar refractivity (Wildman–Crippen MR) is 103 cm³/mol. The van der Waals surface area contributed by atoms with Crippen molar-refractivity contribution < 1.29 is 19.4 Å². The lowest BCUT2D eigenvalue weighted by Crippen LogP contribution is -2.07. The van der Waals surface area contributed by atoms with Crippen LogP contribution >= 0.6 is 0 Å². The highest BCUT2D eigenvalue weighted by Gasteiger charge is 2.15. The second kappa shape index (κ2) is 10.2. The van der Waals surface area contributed by atoms with Crippen LogP contribution in [-0.2, 0) is 12.8 Å². The molecule has 0 aromatic heterocycles. The van der Waals surface area contributed by atoms with Crippen LogP contribution in [0.25, 0.3) is 0 Å². The molecule has 1 N–H and O–H groups in total. The summed E-state index contributed by atoms with van der Waals surface area (Å²) in [5.74, 6) is 1.23. The maximum atomic E-state index is 11.6. The number of Topliss-reactive ketones (excluding diaryl/α,β-unsaturated/α-hetero) is 1. The van der Waals surface area contributed by atoms with Crippen LogP contribution in [0.2, 0.25) is 0 Å². The minimum atomic E-state index is -0.161. The third kappa shape index (κ3) is 5.75. The second-order valence-corrected chi connectivity index (χ2v) is 6.27. The number of nitriles is 1. The van der Waals surface area contributed by atoms with Gasteiger partial charge >= 0.3 is 0 Å². The molecule has 0 saturated heterocycles. The fourth-order valence-electron chi connectivity index (χ4n) is 2.75. The molecule has 0 heterocycles.